The zero-order valence-corrected chi connectivity index (χ0v) is 11.3. The van der Waals surface area contributed by atoms with Crippen molar-refractivity contribution >= 4 is 11.6 Å². The number of nitrogens with one attached hydrogen (secondary N) is 1. The fourth-order valence-electron chi connectivity index (χ4n) is 2.16. The van der Waals surface area contributed by atoms with Gasteiger partial charge in [0.05, 0.1) is 5.54 Å². The molecule has 1 fully saturated rings. The van der Waals surface area contributed by atoms with Gasteiger partial charge in [-0.25, -0.2) is 4.39 Å². The molecule has 1 unspecified atom stereocenters. The molecule has 19 heavy (non-hydrogen) atoms. The minimum absolute atomic E-state index is 0.0681. The van der Waals surface area contributed by atoms with Crippen molar-refractivity contribution in [2.75, 3.05) is 18.0 Å². The molecule has 1 saturated heterocycles. The lowest BCUT2D eigenvalue weighted by Crippen LogP contribution is -2.52. The monoisotopic (exact) mass is 265 g/mol. The van der Waals surface area contributed by atoms with Gasteiger partial charge in [0.2, 0.25) is 5.91 Å². The van der Waals surface area contributed by atoms with Crippen LogP contribution in [0.2, 0.25) is 0 Å². The highest BCUT2D eigenvalue weighted by Gasteiger charge is 2.28. The SMILES string of the molecule is CC(C)(N)C(=O)NC1CCN(c2cccc(F)c2)C1. The normalized spacial score (nSPS) is 19.6. The van der Waals surface area contributed by atoms with Crippen LogP contribution in [0.3, 0.4) is 0 Å². The van der Waals surface area contributed by atoms with Crippen molar-refractivity contribution in [3.05, 3.63) is 30.1 Å². The largest absolute Gasteiger partial charge is 0.369 e. The van der Waals surface area contributed by atoms with Crippen molar-refractivity contribution < 1.29 is 9.18 Å². The summed E-state index contributed by atoms with van der Waals surface area (Å²) >= 11 is 0. The van der Waals surface area contributed by atoms with Crippen LogP contribution in [0.5, 0.6) is 0 Å². The summed E-state index contributed by atoms with van der Waals surface area (Å²) in [6, 6.07) is 6.57. The van der Waals surface area contributed by atoms with Gasteiger partial charge in [-0.15, -0.1) is 0 Å². The van der Waals surface area contributed by atoms with Gasteiger partial charge >= 0.3 is 0 Å². The quantitative estimate of drug-likeness (QED) is 0.865. The first-order valence-corrected chi connectivity index (χ1v) is 6.46. The van der Waals surface area contributed by atoms with Gasteiger partial charge in [0, 0.05) is 24.8 Å². The first-order valence-electron chi connectivity index (χ1n) is 6.46. The van der Waals surface area contributed by atoms with Gasteiger partial charge in [0.25, 0.3) is 0 Å². The molecular formula is C14H20FN3O. The van der Waals surface area contributed by atoms with Crippen molar-refractivity contribution in [2.45, 2.75) is 31.8 Å². The lowest BCUT2D eigenvalue weighted by Gasteiger charge is -2.22. The van der Waals surface area contributed by atoms with Crippen LogP contribution in [0.4, 0.5) is 10.1 Å². The van der Waals surface area contributed by atoms with E-state index in [-0.39, 0.29) is 17.8 Å². The summed E-state index contributed by atoms with van der Waals surface area (Å²) in [4.78, 5) is 13.9. The zero-order chi connectivity index (χ0) is 14.0. The molecule has 0 radical (unpaired) electrons. The van der Waals surface area contributed by atoms with E-state index in [0.29, 0.717) is 6.54 Å². The average Bonchev–Trinajstić information content (AvgIpc) is 2.76. The number of hydrogen-bond donors (Lipinski definition) is 2. The molecule has 5 heteroatoms. The number of anilines is 1. The lowest BCUT2D eigenvalue weighted by molar-refractivity contribution is -0.125. The highest BCUT2D eigenvalue weighted by molar-refractivity contribution is 5.85. The first kappa shape index (κ1) is 13.8. The van der Waals surface area contributed by atoms with E-state index in [1.54, 1.807) is 19.9 Å². The average molecular weight is 265 g/mol. The number of benzene rings is 1. The van der Waals surface area contributed by atoms with E-state index >= 15 is 0 Å². The molecule has 1 aromatic rings. The number of carbonyl (C=O) groups is 1. The second kappa shape index (κ2) is 5.17. The van der Waals surface area contributed by atoms with E-state index in [1.165, 1.54) is 12.1 Å². The Bertz CT molecular complexity index is 470. The summed E-state index contributed by atoms with van der Waals surface area (Å²) in [5, 5.41) is 2.93. The molecule has 1 aliphatic heterocycles. The van der Waals surface area contributed by atoms with E-state index in [2.05, 4.69) is 10.2 Å². The summed E-state index contributed by atoms with van der Waals surface area (Å²) < 4.78 is 13.2. The zero-order valence-electron chi connectivity index (χ0n) is 11.3. The van der Waals surface area contributed by atoms with Gasteiger partial charge < -0.3 is 16.0 Å². The Morgan fingerprint density at radius 1 is 1.53 bits per heavy atom. The summed E-state index contributed by atoms with van der Waals surface area (Å²) in [5.74, 6) is -0.397. The van der Waals surface area contributed by atoms with Gasteiger partial charge in [-0.3, -0.25) is 4.79 Å². The molecule has 1 heterocycles. The van der Waals surface area contributed by atoms with Crippen molar-refractivity contribution in [1.29, 1.82) is 0 Å². The van der Waals surface area contributed by atoms with E-state index in [0.717, 1.165) is 18.7 Å². The fourth-order valence-corrected chi connectivity index (χ4v) is 2.16. The lowest BCUT2D eigenvalue weighted by atomic mass is 10.1. The summed E-state index contributed by atoms with van der Waals surface area (Å²) in [7, 11) is 0. The Labute approximate surface area is 112 Å². The van der Waals surface area contributed by atoms with Gasteiger partial charge in [-0.2, -0.15) is 0 Å². The summed E-state index contributed by atoms with van der Waals surface area (Å²) in [6.45, 7) is 4.86. The summed E-state index contributed by atoms with van der Waals surface area (Å²) in [6.07, 6.45) is 0.846. The van der Waals surface area contributed by atoms with Crippen LogP contribution in [0.1, 0.15) is 20.3 Å². The van der Waals surface area contributed by atoms with Gasteiger partial charge in [-0.05, 0) is 38.5 Å². The smallest absolute Gasteiger partial charge is 0.239 e. The number of rotatable bonds is 3. The number of amides is 1. The molecule has 0 saturated carbocycles. The Hall–Kier alpha value is -1.62. The number of carbonyl (C=O) groups excluding carboxylic acids is 1. The molecule has 0 bridgehead atoms. The maximum atomic E-state index is 13.2. The third-order valence-corrected chi connectivity index (χ3v) is 3.28. The topological polar surface area (TPSA) is 58.4 Å². The standard InChI is InChI=1S/C14H20FN3O/c1-14(2,16)13(19)17-11-6-7-18(9-11)12-5-3-4-10(15)8-12/h3-5,8,11H,6-7,9,16H2,1-2H3,(H,17,19). The second-order valence-electron chi connectivity index (χ2n) is 5.61. The molecule has 0 aromatic heterocycles. The minimum atomic E-state index is -0.869. The number of hydrogen-bond acceptors (Lipinski definition) is 3. The molecule has 1 aliphatic rings. The molecule has 4 nitrogen and oxygen atoms in total. The minimum Gasteiger partial charge on any atom is -0.369 e. The second-order valence-corrected chi connectivity index (χ2v) is 5.61. The molecule has 1 atom stereocenters. The van der Waals surface area contributed by atoms with Crippen LogP contribution in [-0.4, -0.2) is 30.6 Å². The predicted molar refractivity (Wildman–Crippen MR) is 73.4 cm³/mol. The number of nitrogens with zero attached hydrogens (tertiary/aromatic N) is 1. The van der Waals surface area contributed by atoms with Crippen LogP contribution in [0, 0.1) is 5.82 Å². The molecule has 0 spiro atoms. The molecule has 3 N–H and O–H groups in total. The van der Waals surface area contributed by atoms with Crippen LogP contribution >= 0.6 is 0 Å². The Balaban J connectivity index is 1.95. The van der Waals surface area contributed by atoms with Crippen LogP contribution in [0.15, 0.2) is 24.3 Å². The van der Waals surface area contributed by atoms with Gasteiger partial charge in [0.1, 0.15) is 5.82 Å². The van der Waals surface area contributed by atoms with Crippen molar-refractivity contribution in [1.82, 2.24) is 5.32 Å². The Morgan fingerprint density at radius 2 is 2.26 bits per heavy atom. The number of halogens is 1. The Kier molecular flexibility index (Phi) is 3.75. The van der Waals surface area contributed by atoms with E-state index < -0.39 is 5.54 Å². The highest BCUT2D eigenvalue weighted by atomic mass is 19.1. The molecule has 0 aliphatic carbocycles. The van der Waals surface area contributed by atoms with Crippen LogP contribution in [0.25, 0.3) is 0 Å². The van der Waals surface area contributed by atoms with Crippen molar-refractivity contribution in [2.24, 2.45) is 5.73 Å². The van der Waals surface area contributed by atoms with Crippen molar-refractivity contribution in [3.63, 3.8) is 0 Å². The molecular weight excluding hydrogens is 245 g/mol. The molecule has 2 rings (SSSR count). The third kappa shape index (κ3) is 3.44. The van der Waals surface area contributed by atoms with E-state index in [1.807, 2.05) is 6.07 Å². The Morgan fingerprint density at radius 3 is 2.89 bits per heavy atom. The molecule has 104 valence electrons. The van der Waals surface area contributed by atoms with Gasteiger partial charge in [-0.1, -0.05) is 6.07 Å². The van der Waals surface area contributed by atoms with E-state index in [9.17, 15) is 9.18 Å². The third-order valence-electron chi connectivity index (χ3n) is 3.28. The van der Waals surface area contributed by atoms with Gasteiger partial charge in [0.15, 0.2) is 0 Å². The molecule has 1 aromatic carbocycles. The van der Waals surface area contributed by atoms with Crippen LogP contribution in [-0.2, 0) is 4.79 Å². The molecule has 1 amide bonds. The fraction of sp³-hybridized carbons (Fsp3) is 0.500. The van der Waals surface area contributed by atoms with E-state index in [4.69, 9.17) is 5.73 Å². The maximum absolute atomic E-state index is 13.2. The highest BCUT2D eigenvalue weighted by Crippen LogP contribution is 2.21. The first-order chi connectivity index (χ1) is 8.86. The predicted octanol–water partition coefficient (Wildman–Crippen LogP) is 1.26. The van der Waals surface area contributed by atoms with Crippen molar-refractivity contribution in [3.8, 4) is 0 Å². The summed E-state index contributed by atoms with van der Waals surface area (Å²) in [5.41, 5.74) is 5.73. The maximum Gasteiger partial charge on any atom is 0.239 e. The van der Waals surface area contributed by atoms with Crippen LogP contribution < -0.4 is 16.0 Å². The number of nitrogens with two attached hydrogens (primary N) is 1.